The molecule has 5 rings (SSSR count). The molecular weight excluding hydrogens is 441 g/mol. The number of hydrogen-bond acceptors (Lipinski definition) is 5. The Bertz CT molecular complexity index is 1210. The molecule has 2 aromatic heterocycles. The summed E-state index contributed by atoms with van der Waals surface area (Å²) >= 11 is 7.54. The standard InChI is InChI=1S/C24H24FN5S2/c25-20-8-10-21(11-9-20)28-14-12-27(13-15-28)18-30-24(31)29(17-19-5-2-1-3-6-19)23(26-30)22-7-4-16-32-22/h1-11,16H,12-15,17-18H2. The van der Waals surface area contributed by atoms with Crippen molar-refractivity contribution in [1.82, 2.24) is 19.2 Å². The Balaban J connectivity index is 1.33. The van der Waals surface area contributed by atoms with E-state index in [1.54, 1.807) is 11.3 Å². The highest BCUT2D eigenvalue weighted by atomic mass is 32.1. The van der Waals surface area contributed by atoms with Crippen LogP contribution in [0.2, 0.25) is 0 Å². The number of piperazine rings is 1. The molecule has 0 unspecified atom stereocenters. The quantitative estimate of drug-likeness (QED) is 0.370. The summed E-state index contributed by atoms with van der Waals surface area (Å²) in [5.41, 5.74) is 2.27. The normalized spacial score (nSPS) is 14.7. The fourth-order valence-electron chi connectivity index (χ4n) is 4.02. The van der Waals surface area contributed by atoms with Gasteiger partial charge in [0.05, 0.1) is 18.1 Å². The lowest BCUT2D eigenvalue weighted by atomic mass is 10.2. The second kappa shape index (κ2) is 9.36. The molecule has 1 aliphatic heterocycles. The van der Waals surface area contributed by atoms with Crippen molar-refractivity contribution in [3.8, 4) is 10.7 Å². The number of nitrogens with zero attached hydrogens (tertiary/aromatic N) is 5. The molecule has 5 nitrogen and oxygen atoms in total. The fourth-order valence-corrected chi connectivity index (χ4v) is 4.99. The monoisotopic (exact) mass is 465 g/mol. The number of aromatic nitrogens is 3. The summed E-state index contributed by atoms with van der Waals surface area (Å²) in [4.78, 5) is 5.78. The smallest absolute Gasteiger partial charge is 0.199 e. The molecule has 32 heavy (non-hydrogen) atoms. The Labute approximate surface area is 196 Å². The summed E-state index contributed by atoms with van der Waals surface area (Å²) < 4.78 is 18.0. The van der Waals surface area contributed by atoms with Gasteiger partial charge in [0.25, 0.3) is 0 Å². The van der Waals surface area contributed by atoms with E-state index in [1.807, 2.05) is 28.9 Å². The van der Waals surface area contributed by atoms with E-state index in [9.17, 15) is 4.39 Å². The molecule has 8 heteroatoms. The maximum absolute atomic E-state index is 13.2. The van der Waals surface area contributed by atoms with Crippen molar-refractivity contribution in [3.63, 3.8) is 0 Å². The number of rotatable bonds is 6. The zero-order valence-electron chi connectivity index (χ0n) is 17.6. The van der Waals surface area contributed by atoms with Crippen LogP contribution in [0.5, 0.6) is 0 Å². The van der Waals surface area contributed by atoms with Crippen molar-refractivity contribution in [2.45, 2.75) is 13.2 Å². The van der Waals surface area contributed by atoms with Crippen LogP contribution in [0.3, 0.4) is 0 Å². The highest BCUT2D eigenvalue weighted by Gasteiger charge is 2.20. The second-order valence-electron chi connectivity index (χ2n) is 7.88. The van der Waals surface area contributed by atoms with Crippen LogP contribution in [0.1, 0.15) is 5.56 Å². The molecule has 0 amide bonds. The highest BCUT2D eigenvalue weighted by Crippen LogP contribution is 2.25. The third kappa shape index (κ3) is 4.53. The second-order valence-corrected chi connectivity index (χ2v) is 9.19. The molecule has 0 atom stereocenters. The van der Waals surface area contributed by atoms with Gasteiger partial charge in [-0.15, -0.1) is 16.4 Å². The van der Waals surface area contributed by atoms with Gasteiger partial charge in [-0.2, -0.15) is 0 Å². The molecule has 0 radical (unpaired) electrons. The number of halogens is 1. The van der Waals surface area contributed by atoms with Crippen LogP contribution in [-0.4, -0.2) is 45.4 Å². The van der Waals surface area contributed by atoms with Crippen molar-refractivity contribution in [2.24, 2.45) is 0 Å². The van der Waals surface area contributed by atoms with E-state index in [0.29, 0.717) is 13.2 Å². The van der Waals surface area contributed by atoms with Gasteiger partial charge in [-0.05, 0) is 53.5 Å². The molecule has 3 heterocycles. The maximum Gasteiger partial charge on any atom is 0.199 e. The largest absolute Gasteiger partial charge is 0.369 e. The number of hydrogen-bond donors (Lipinski definition) is 0. The molecule has 0 aliphatic carbocycles. The summed E-state index contributed by atoms with van der Waals surface area (Å²) in [7, 11) is 0. The van der Waals surface area contributed by atoms with E-state index in [4.69, 9.17) is 17.3 Å². The van der Waals surface area contributed by atoms with E-state index in [2.05, 4.69) is 50.1 Å². The van der Waals surface area contributed by atoms with Crippen LogP contribution in [0.25, 0.3) is 10.7 Å². The first-order valence-corrected chi connectivity index (χ1v) is 11.9. The number of benzene rings is 2. The van der Waals surface area contributed by atoms with Crippen LogP contribution >= 0.6 is 23.6 Å². The number of anilines is 1. The van der Waals surface area contributed by atoms with Gasteiger partial charge >= 0.3 is 0 Å². The minimum Gasteiger partial charge on any atom is -0.369 e. The Hall–Kier alpha value is -2.81. The predicted octanol–water partition coefficient (Wildman–Crippen LogP) is 5.11. The minimum atomic E-state index is -0.200. The van der Waals surface area contributed by atoms with Gasteiger partial charge in [-0.3, -0.25) is 9.47 Å². The van der Waals surface area contributed by atoms with Crippen LogP contribution in [0, 0.1) is 10.6 Å². The molecule has 164 valence electrons. The average molecular weight is 466 g/mol. The van der Waals surface area contributed by atoms with Crippen LogP contribution in [0.4, 0.5) is 10.1 Å². The molecule has 2 aromatic carbocycles. The van der Waals surface area contributed by atoms with Crippen molar-refractivity contribution < 1.29 is 4.39 Å². The molecule has 0 saturated carbocycles. The van der Waals surface area contributed by atoms with E-state index in [0.717, 1.165) is 47.3 Å². The van der Waals surface area contributed by atoms with Gasteiger partial charge in [0.1, 0.15) is 5.82 Å². The third-order valence-electron chi connectivity index (χ3n) is 5.75. The third-order valence-corrected chi connectivity index (χ3v) is 7.04. The Kier molecular flexibility index (Phi) is 6.16. The molecule has 0 N–H and O–H groups in total. The van der Waals surface area contributed by atoms with E-state index in [1.165, 1.54) is 17.7 Å². The molecule has 0 bridgehead atoms. The van der Waals surface area contributed by atoms with Gasteiger partial charge < -0.3 is 4.90 Å². The van der Waals surface area contributed by atoms with Crippen LogP contribution in [0.15, 0.2) is 72.1 Å². The Morgan fingerprint density at radius 1 is 0.906 bits per heavy atom. The lowest BCUT2D eigenvalue weighted by Gasteiger charge is -2.35. The molecule has 0 spiro atoms. The lowest BCUT2D eigenvalue weighted by Crippen LogP contribution is -2.47. The van der Waals surface area contributed by atoms with E-state index < -0.39 is 0 Å². The predicted molar refractivity (Wildman–Crippen MR) is 130 cm³/mol. The zero-order valence-corrected chi connectivity index (χ0v) is 19.2. The molecule has 1 fully saturated rings. The maximum atomic E-state index is 13.2. The van der Waals surface area contributed by atoms with Crippen molar-refractivity contribution in [2.75, 3.05) is 31.1 Å². The first-order valence-electron chi connectivity index (χ1n) is 10.7. The summed E-state index contributed by atoms with van der Waals surface area (Å²) in [6, 6.07) is 21.2. The summed E-state index contributed by atoms with van der Waals surface area (Å²) in [5.74, 6) is 0.716. The van der Waals surface area contributed by atoms with Crippen molar-refractivity contribution in [1.29, 1.82) is 0 Å². The summed E-state index contributed by atoms with van der Waals surface area (Å²) in [5, 5.41) is 6.99. The summed E-state index contributed by atoms with van der Waals surface area (Å²) in [6.45, 7) is 4.95. The topological polar surface area (TPSA) is 29.2 Å². The summed E-state index contributed by atoms with van der Waals surface area (Å²) in [6.07, 6.45) is 0. The minimum absolute atomic E-state index is 0.200. The fraction of sp³-hybridized carbons (Fsp3) is 0.250. The van der Waals surface area contributed by atoms with Gasteiger partial charge in [-0.25, -0.2) is 9.07 Å². The molecule has 1 saturated heterocycles. The Morgan fingerprint density at radius 2 is 1.66 bits per heavy atom. The lowest BCUT2D eigenvalue weighted by molar-refractivity contribution is 0.194. The SMILES string of the molecule is Fc1ccc(N2CCN(Cn3nc(-c4cccs4)n(Cc4ccccc4)c3=S)CC2)cc1. The first kappa shape index (κ1) is 21.1. The first-order chi connectivity index (χ1) is 15.7. The molecular formula is C24H24FN5S2. The number of thiophene rings is 1. The van der Waals surface area contributed by atoms with Gasteiger partial charge in [0, 0.05) is 31.9 Å². The molecule has 4 aromatic rings. The highest BCUT2D eigenvalue weighted by molar-refractivity contribution is 7.71. The van der Waals surface area contributed by atoms with Crippen molar-refractivity contribution in [3.05, 3.63) is 88.3 Å². The van der Waals surface area contributed by atoms with E-state index >= 15 is 0 Å². The van der Waals surface area contributed by atoms with Gasteiger partial charge in [0.2, 0.25) is 0 Å². The Morgan fingerprint density at radius 3 is 2.34 bits per heavy atom. The van der Waals surface area contributed by atoms with Crippen LogP contribution < -0.4 is 4.90 Å². The average Bonchev–Trinajstić information content (AvgIpc) is 3.45. The van der Waals surface area contributed by atoms with Crippen LogP contribution in [-0.2, 0) is 13.2 Å². The van der Waals surface area contributed by atoms with Gasteiger partial charge in [-0.1, -0.05) is 36.4 Å². The van der Waals surface area contributed by atoms with Crippen molar-refractivity contribution >= 4 is 29.2 Å². The van der Waals surface area contributed by atoms with Gasteiger partial charge in [0.15, 0.2) is 10.6 Å². The van der Waals surface area contributed by atoms with E-state index in [-0.39, 0.29) is 5.82 Å². The molecule has 1 aliphatic rings. The zero-order chi connectivity index (χ0) is 21.9.